The molecule has 0 aliphatic carbocycles. The number of carbonyl (C=O) groups is 1. The average Bonchev–Trinajstić information content (AvgIpc) is 2.64. The molecular weight excluding hydrogens is 268 g/mol. The maximum absolute atomic E-state index is 12.1. The molecule has 1 amide bonds. The molecule has 0 unspecified atom stereocenters. The topological polar surface area (TPSA) is 42.0 Å². The summed E-state index contributed by atoms with van der Waals surface area (Å²) in [6, 6.07) is 5.90. The van der Waals surface area contributed by atoms with Crippen LogP contribution in [0, 0.1) is 20.8 Å². The van der Waals surface area contributed by atoms with Crippen LogP contribution in [-0.2, 0) is 0 Å². The Bertz CT molecular complexity index is 607. The van der Waals surface area contributed by atoms with Gasteiger partial charge >= 0.3 is 0 Å². The number of hydrogen-bond acceptors (Lipinski definition) is 3. The number of carbonyl (C=O) groups excluding carboxylic acids is 1. The van der Waals surface area contributed by atoms with Crippen LogP contribution in [0.5, 0.6) is 0 Å². The van der Waals surface area contributed by atoms with E-state index in [1.807, 2.05) is 32.0 Å². The summed E-state index contributed by atoms with van der Waals surface area (Å²) >= 11 is 6.97. The van der Waals surface area contributed by atoms with Crippen LogP contribution >= 0.6 is 23.1 Å². The lowest BCUT2D eigenvalue weighted by atomic mass is 10.1. The molecule has 5 heteroatoms. The van der Waals surface area contributed by atoms with Crippen LogP contribution in [0.1, 0.15) is 26.4 Å². The second-order valence-electron chi connectivity index (χ2n) is 4.20. The zero-order chi connectivity index (χ0) is 13.3. The van der Waals surface area contributed by atoms with Crippen molar-refractivity contribution < 1.29 is 4.79 Å². The summed E-state index contributed by atoms with van der Waals surface area (Å²) in [5, 5.41) is 3.27. The van der Waals surface area contributed by atoms with E-state index in [1.165, 1.54) is 5.56 Å². The van der Waals surface area contributed by atoms with Crippen molar-refractivity contribution in [2.45, 2.75) is 20.8 Å². The molecule has 1 aromatic carbocycles. The van der Waals surface area contributed by atoms with E-state index in [-0.39, 0.29) is 5.91 Å². The van der Waals surface area contributed by atoms with Crippen LogP contribution in [0.2, 0.25) is 5.15 Å². The Kier molecular flexibility index (Phi) is 3.68. The van der Waals surface area contributed by atoms with Crippen LogP contribution in [-0.4, -0.2) is 10.3 Å². The van der Waals surface area contributed by atoms with E-state index >= 15 is 0 Å². The first-order valence-corrected chi connectivity index (χ1v) is 6.64. The number of rotatable bonds is 2. The Hall–Kier alpha value is -1.39. The molecule has 2 rings (SSSR count). The predicted octanol–water partition coefficient (Wildman–Crippen LogP) is 3.97. The molecule has 0 saturated heterocycles. The van der Waals surface area contributed by atoms with Gasteiger partial charge < -0.3 is 5.32 Å². The third-order valence-corrected chi connectivity index (χ3v) is 4.12. The maximum Gasteiger partial charge on any atom is 0.267 e. The van der Waals surface area contributed by atoms with Gasteiger partial charge in [0.2, 0.25) is 0 Å². The van der Waals surface area contributed by atoms with Gasteiger partial charge in [-0.05, 0) is 43.9 Å². The number of halogens is 1. The van der Waals surface area contributed by atoms with Crippen LogP contribution in [0.3, 0.4) is 0 Å². The fourth-order valence-corrected chi connectivity index (χ4v) is 2.59. The molecule has 1 heterocycles. The molecule has 2 aromatic rings. The van der Waals surface area contributed by atoms with Crippen molar-refractivity contribution >= 4 is 34.7 Å². The van der Waals surface area contributed by atoms with E-state index < -0.39 is 0 Å². The third-order valence-electron chi connectivity index (χ3n) is 2.70. The summed E-state index contributed by atoms with van der Waals surface area (Å²) in [5.41, 5.74) is 3.75. The Morgan fingerprint density at radius 3 is 2.61 bits per heavy atom. The SMILES string of the molecule is Cc1ccc(NC(=O)c2snc(Cl)c2C)c(C)c1. The third kappa shape index (κ3) is 2.54. The first-order chi connectivity index (χ1) is 8.49. The quantitative estimate of drug-likeness (QED) is 0.904. The lowest BCUT2D eigenvalue weighted by Crippen LogP contribution is -2.12. The largest absolute Gasteiger partial charge is 0.321 e. The van der Waals surface area contributed by atoms with Crippen LogP contribution < -0.4 is 5.32 Å². The summed E-state index contributed by atoms with van der Waals surface area (Å²) in [6.07, 6.45) is 0. The van der Waals surface area contributed by atoms with Gasteiger partial charge in [-0.2, -0.15) is 4.37 Å². The van der Waals surface area contributed by atoms with E-state index in [4.69, 9.17) is 11.6 Å². The molecule has 1 N–H and O–H groups in total. The summed E-state index contributed by atoms with van der Waals surface area (Å²) in [7, 11) is 0. The van der Waals surface area contributed by atoms with Gasteiger partial charge in [0.05, 0.1) is 0 Å². The Morgan fingerprint density at radius 2 is 2.06 bits per heavy atom. The molecule has 0 atom stereocenters. The monoisotopic (exact) mass is 280 g/mol. The van der Waals surface area contributed by atoms with Gasteiger partial charge in [-0.15, -0.1) is 0 Å². The van der Waals surface area contributed by atoms with Gasteiger partial charge in [-0.25, -0.2) is 0 Å². The normalized spacial score (nSPS) is 10.4. The molecule has 0 radical (unpaired) electrons. The van der Waals surface area contributed by atoms with Gasteiger partial charge in [0.25, 0.3) is 5.91 Å². The number of amides is 1. The van der Waals surface area contributed by atoms with Crippen molar-refractivity contribution in [2.24, 2.45) is 0 Å². The van der Waals surface area contributed by atoms with Gasteiger partial charge in [0, 0.05) is 11.3 Å². The molecule has 0 bridgehead atoms. The van der Waals surface area contributed by atoms with Crippen molar-refractivity contribution in [3.8, 4) is 0 Å². The highest BCUT2D eigenvalue weighted by Gasteiger charge is 2.16. The standard InChI is InChI=1S/C13H13ClN2OS/c1-7-4-5-10(8(2)6-7)15-13(17)11-9(3)12(14)16-18-11/h4-6H,1-3H3,(H,15,17). The molecule has 94 valence electrons. The number of nitrogens with zero attached hydrogens (tertiary/aromatic N) is 1. The molecule has 0 fully saturated rings. The zero-order valence-electron chi connectivity index (χ0n) is 10.4. The number of hydrogen-bond donors (Lipinski definition) is 1. The van der Waals surface area contributed by atoms with E-state index in [0.29, 0.717) is 10.0 Å². The number of anilines is 1. The Labute approximate surface area is 115 Å². The first kappa shape index (κ1) is 13.1. The lowest BCUT2D eigenvalue weighted by molar-refractivity contribution is 0.103. The lowest BCUT2D eigenvalue weighted by Gasteiger charge is -2.08. The summed E-state index contributed by atoms with van der Waals surface area (Å²) in [5.74, 6) is -0.163. The molecular formula is C13H13ClN2OS. The van der Waals surface area contributed by atoms with Crippen LogP contribution in [0.15, 0.2) is 18.2 Å². The summed E-state index contributed by atoms with van der Waals surface area (Å²) < 4.78 is 3.96. The van der Waals surface area contributed by atoms with Gasteiger partial charge in [0.1, 0.15) is 10.0 Å². The van der Waals surface area contributed by atoms with Crippen molar-refractivity contribution in [3.63, 3.8) is 0 Å². The number of nitrogens with one attached hydrogen (secondary N) is 1. The molecule has 0 saturated carbocycles. The highest BCUT2D eigenvalue weighted by Crippen LogP contribution is 2.24. The average molecular weight is 281 g/mol. The summed E-state index contributed by atoms with van der Waals surface area (Å²) in [6.45, 7) is 5.78. The fraction of sp³-hybridized carbons (Fsp3) is 0.231. The van der Waals surface area contributed by atoms with Gasteiger partial charge in [-0.1, -0.05) is 29.3 Å². The summed E-state index contributed by atoms with van der Waals surface area (Å²) in [4.78, 5) is 12.6. The minimum absolute atomic E-state index is 0.163. The Balaban J connectivity index is 2.24. The van der Waals surface area contributed by atoms with Crippen molar-refractivity contribution in [1.29, 1.82) is 0 Å². The van der Waals surface area contributed by atoms with Gasteiger partial charge in [-0.3, -0.25) is 4.79 Å². The molecule has 18 heavy (non-hydrogen) atoms. The van der Waals surface area contributed by atoms with Crippen LogP contribution in [0.4, 0.5) is 5.69 Å². The second kappa shape index (κ2) is 5.08. The molecule has 0 aliphatic heterocycles. The van der Waals surface area contributed by atoms with E-state index in [2.05, 4.69) is 9.69 Å². The van der Waals surface area contributed by atoms with Crippen molar-refractivity contribution in [3.05, 3.63) is 44.9 Å². The van der Waals surface area contributed by atoms with E-state index in [0.717, 1.165) is 28.3 Å². The zero-order valence-corrected chi connectivity index (χ0v) is 11.9. The minimum Gasteiger partial charge on any atom is -0.321 e. The maximum atomic E-state index is 12.1. The van der Waals surface area contributed by atoms with Crippen LogP contribution in [0.25, 0.3) is 0 Å². The smallest absolute Gasteiger partial charge is 0.267 e. The highest BCUT2D eigenvalue weighted by atomic mass is 35.5. The molecule has 3 nitrogen and oxygen atoms in total. The fourth-order valence-electron chi connectivity index (χ4n) is 1.66. The second-order valence-corrected chi connectivity index (χ2v) is 5.33. The Morgan fingerprint density at radius 1 is 1.33 bits per heavy atom. The van der Waals surface area contributed by atoms with Gasteiger partial charge in [0.15, 0.2) is 0 Å². The predicted molar refractivity (Wildman–Crippen MR) is 75.7 cm³/mol. The van der Waals surface area contributed by atoms with E-state index in [1.54, 1.807) is 6.92 Å². The van der Waals surface area contributed by atoms with E-state index in [9.17, 15) is 4.79 Å². The minimum atomic E-state index is -0.163. The number of aromatic nitrogens is 1. The van der Waals surface area contributed by atoms with Crippen molar-refractivity contribution in [1.82, 2.24) is 4.37 Å². The van der Waals surface area contributed by atoms with Crippen molar-refractivity contribution in [2.75, 3.05) is 5.32 Å². The first-order valence-electron chi connectivity index (χ1n) is 5.49. The molecule has 1 aromatic heterocycles. The highest BCUT2D eigenvalue weighted by molar-refractivity contribution is 7.08. The number of benzene rings is 1. The molecule has 0 spiro atoms. The molecule has 0 aliphatic rings. The number of aryl methyl sites for hydroxylation is 2.